The van der Waals surface area contributed by atoms with Crippen molar-refractivity contribution in [3.8, 4) is 0 Å². The second kappa shape index (κ2) is 8.12. The molecule has 0 unspecified atom stereocenters. The minimum Gasteiger partial charge on any atom is -0.459 e. The lowest BCUT2D eigenvalue weighted by atomic mass is 10.3. The molecule has 2 aromatic rings. The van der Waals surface area contributed by atoms with Gasteiger partial charge in [-0.3, -0.25) is 4.79 Å². The SMILES string of the molecule is CCCN(CCC)S(=O)(=O)c1ccc(NC(=O)c2ccco2)cc1. The first kappa shape index (κ1) is 18.2. The Morgan fingerprint density at radius 3 is 2.21 bits per heavy atom. The van der Waals surface area contributed by atoms with Crippen LogP contribution in [0.5, 0.6) is 0 Å². The number of nitrogens with zero attached hydrogens (tertiary/aromatic N) is 1. The molecule has 1 aromatic carbocycles. The molecule has 130 valence electrons. The van der Waals surface area contributed by atoms with E-state index in [1.165, 1.54) is 22.7 Å². The fourth-order valence-electron chi connectivity index (χ4n) is 2.31. The van der Waals surface area contributed by atoms with Crippen LogP contribution in [0.15, 0.2) is 52.0 Å². The molecule has 1 N–H and O–H groups in total. The van der Waals surface area contributed by atoms with E-state index < -0.39 is 10.0 Å². The van der Waals surface area contributed by atoms with Gasteiger partial charge in [-0.2, -0.15) is 4.31 Å². The van der Waals surface area contributed by atoms with Gasteiger partial charge in [0.25, 0.3) is 5.91 Å². The highest BCUT2D eigenvalue weighted by atomic mass is 32.2. The van der Waals surface area contributed by atoms with Gasteiger partial charge in [0.05, 0.1) is 11.2 Å². The zero-order valence-corrected chi connectivity index (χ0v) is 14.7. The summed E-state index contributed by atoms with van der Waals surface area (Å²) in [6, 6.07) is 9.34. The quantitative estimate of drug-likeness (QED) is 0.792. The summed E-state index contributed by atoms with van der Waals surface area (Å²) >= 11 is 0. The maximum absolute atomic E-state index is 12.7. The van der Waals surface area contributed by atoms with Crippen molar-refractivity contribution in [3.05, 3.63) is 48.4 Å². The number of sulfonamides is 1. The minimum absolute atomic E-state index is 0.198. The highest BCUT2D eigenvalue weighted by Gasteiger charge is 2.22. The predicted octanol–water partition coefficient (Wildman–Crippen LogP) is 3.34. The third-order valence-corrected chi connectivity index (χ3v) is 5.35. The lowest BCUT2D eigenvalue weighted by Crippen LogP contribution is -2.32. The van der Waals surface area contributed by atoms with E-state index in [2.05, 4.69) is 5.32 Å². The summed E-state index contributed by atoms with van der Waals surface area (Å²) in [5, 5.41) is 2.66. The number of benzene rings is 1. The molecule has 0 aliphatic rings. The van der Waals surface area contributed by atoms with Crippen molar-refractivity contribution >= 4 is 21.6 Å². The summed E-state index contributed by atoms with van der Waals surface area (Å²) in [6.45, 7) is 4.89. The second-order valence-corrected chi connectivity index (χ2v) is 7.30. The first-order valence-corrected chi connectivity index (χ1v) is 9.38. The number of hydrogen-bond donors (Lipinski definition) is 1. The number of anilines is 1. The fraction of sp³-hybridized carbons (Fsp3) is 0.353. The average Bonchev–Trinajstić information content (AvgIpc) is 3.10. The van der Waals surface area contributed by atoms with Crippen LogP contribution >= 0.6 is 0 Å². The molecular weight excluding hydrogens is 328 g/mol. The topological polar surface area (TPSA) is 79.6 Å². The molecule has 0 bridgehead atoms. The van der Waals surface area contributed by atoms with Crippen LogP contribution in [0.4, 0.5) is 5.69 Å². The van der Waals surface area contributed by atoms with Crippen LogP contribution in [0.3, 0.4) is 0 Å². The first-order valence-electron chi connectivity index (χ1n) is 7.94. The van der Waals surface area contributed by atoms with Gasteiger partial charge < -0.3 is 9.73 Å². The number of amides is 1. The summed E-state index contributed by atoms with van der Waals surface area (Å²) < 4.78 is 31.8. The Kier molecular flexibility index (Phi) is 6.16. The number of furan rings is 1. The van der Waals surface area contributed by atoms with Gasteiger partial charge in [0, 0.05) is 18.8 Å². The lowest BCUT2D eigenvalue weighted by Gasteiger charge is -2.21. The van der Waals surface area contributed by atoms with Crippen molar-refractivity contribution in [1.29, 1.82) is 0 Å². The Balaban J connectivity index is 2.14. The van der Waals surface area contributed by atoms with Gasteiger partial charge in [-0.25, -0.2) is 8.42 Å². The van der Waals surface area contributed by atoms with Gasteiger partial charge in [0.1, 0.15) is 0 Å². The molecule has 0 saturated heterocycles. The zero-order chi connectivity index (χ0) is 17.6. The minimum atomic E-state index is -3.51. The zero-order valence-electron chi connectivity index (χ0n) is 13.9. The van der Waals surface area contributed by atoms with Crippen LogP contribution in [-0.4, -0.2) is 31.7 Å². The average molecular weight is 350 g/mol. The van der Waals surface area contributed by atoms with Crippen LogP contribution in [-0.2, 0) is 10.0 Å². The highest BCUT2D eigenvalue weighted by Crippen LogP contribution is 2.19. The lowest BCUT2D eigenvalue weighted by molar-refractivity contribution is 0.0996. The van der Waals surface area contributed by atoms with E-state index >= 15 is 0 Å². The summed E-state index contributed by atoms with van der Waals surface area (Å²) in [7, 11) is -3.51. The molecule has 6 nitrogen and oxygen atoms in total. The van der Waals surface area contributed by atoms with E-state index in [1.54, 1.807) is 24.3 Å². The van der Waals surface area contributed by atoms with Gasteiger partial charge in [-0.15, -0.1) is 0 Å². The Morgan fingerprint density at radius 1 is 1.08 bits per heavy atom. The molecule has 7 heteroatoms. The highest BCUT2D eigenvalue weighted by molar-refractivity contribution is 7.89. The van der Waals surface area contributed by atoms with E-state index in [1.807, 2.05) is 13.8 Å². The Labute approximate surface area is 142 Å². The molecule has 0 spiro atoms. The van der Waals surface area contributed by atoms with Gasteiger partial charge >= 0.3 is 0 Å². The van der Waals surface area contributed by atoms with E-state index in [4.69, 9.17) is 4.42 Å². The largest absolute Gasteiger partial charge is 0.459 e. The van der Waals surface area contributed by atoms with Crippen LogP contribution in [0.1, 0.15) is 37.2 Å². The smallest absolute Gasteiger partial charge is 0.291 e. The maximum atomic E-state index is 12.7. The second-order valence-electron chi connectivity index (χ2n) is 5.36. The number of rotatable bonds is 8. The third kappa shape index (κ3) is 4.24. The Morgan fingerprint density at radius 2 is 1.71 bits per heavy atom. The van der Waals surface area contributed by atoms with Crippen molar-refractivity contribution in [1.82, 2.24) is 4.31 Å². The van der Waals surface area contributed by atoms with E-state index in [9.17, 15) is 13.2 Å². The standard InChI is InChI=1S/C17H22N2O4S/c1-3-11-19(12-4-2)24(21,22)15-9-7-14(8-10-15)18-17(20)16-6-5-13-23-16/h5-10,13H,3-4,11-12H2,1-2H3,(H,18,20). The first-order chi connectivity index (χ1) is 11.5. The molecule has 1 amide bonds. The van der Waals surface area contributed by atoms with Crippen molar-refractivity contribution in [3.63, 3.8) is 0 Å². The van der Waals surface area contributed by atoms with E-state index in [0.29, 0.717) is 18.8 Å². The van der Waals surface area contributed by atoms with Crippen molar-refractivity contribution in [2.24, 2.45) is 0 Å². The monoisotopic (exact) mass is 350 g/mol. The van der Waals surface area contributed by atoms with Crippen LogP contribution < -0.4 is 5.32 Å². The number of hydrogen-bond acceptors (Lipinski definition) is 4. The van der Waals surface area contributed by atoms with Crippen molar-refractivity contribution in [2.45, 2.75) is 31.6 Å². The molecule has 1 heterocycles. The van der Waals surface area contributed by atoms with Gasteiger partial charge in [-0.05, 0) is 49.2 Å². The third-order valence-electron chi connectivity index (χ3n) is 3.44. The Hall–Kier alpha value is -2.12. The van der Waals surface area contributed by atoms with Crippen LogP contribution in [0.2, 0.25) is 0 Å². The predicted molar refractivity (Wildman–Crippen MR) is 92.4 cm³/mol. The molecule has 0 atom stereocenters. The number of carbonyl (C=O) groups excluding carboxylic acids is 1. The molecule has 0 aliphatic carbocycles. The fourth-order valence-corrected chi connectivity index (χ4v) is 3.93. The van der Waals surface area contributed by atoms with Gasteiger partial charge in [-0.1, -0.05) is 13.8 Å². The molecule has 2 rings (SSSR count). The normalized spacial score (nSPS) is 11.6. The van der Waals surface area contributed by atoms with Gasteiger partial charge in [0.15, 0.2) is 5.76 Å². The van der Waals surface area contributed by atoms with Crippen molar-refractivity contribution < 1.29 is 17.6 Å². The molecule has 1 aromatic heterocycles. The Bertz CT molecular complexity index is 746. The van der Waals surface area contributed by atoms with E-state index in [0.717, 1.165) is 12.8 Å². The maximum Gasteiger partial charge on any atom is 0.291 e. The molecule has 0 saturated carbocycles. The van der Waals surface area contributed by atoms with Gasteiger partial charge in [0.2, 0.25) is 10.0 Å². The molecular formula is C17H22N2O4S. The summed E-state index contributed by atoms with van der Waals surface area (Å²) in [5.41, 5.74) is 0.507. The summed E-state index contributed by atoms with van der Waals surface area (Å²) in [4.78, 5) is 12.1. The van der Waals surface area contributed by atoms with Crippen LogP contribution in [0.25, 0.3) is 0 Å². The number of nitrogens with one attached hydrogen (secondary N) is 1. The molecule has 0 aliphatic heterocycles. The summed E-state index contributed by atoms with van der Waals surface area (Å²) in [5.74, 6) is -0.182. The molecule has 0 fully saturated rings. The number of carbonyl (C=O) groups is 1. The van der Waals surface area contributed by atoms with Crippen LogP contribution in [0, 0.1) is 0 Å². The van der Waals surface area contributed by atoms with E-state index in [-0.39, 0.29) is 16.6 Å². The summed E-state index contributed by atoms with van der Waals surface area (Å²) in [6.07, 6.45) is 2.94. The molecule has 0 radical (unpaired) electrons. The van der Waals surface area contributed by atoms with Crippen molar-refractivity contribution in [2.75, 3.05) is 18.4 Å². The molecule has 24 heavy (non-hydrogen) atoms.